The highest BCUT2D eigenvalue weighted by Crippen LogP contribution is 2.29. The van der Waals surface area contributed by atoms with E-state index >= 15 is 0 Å². The van der Waals surface area contributed by atoms with Crippen LogP contribution in [0.3, 0.4) is 0 Å². The Labute approximate surface area is 127 Å². The quantitative estimate of drug-likeness (QED) is 0.813. The van der Waals surface area contributed by atoms with Crippen LogP contribution < -0.4 is 10.1 Å². The van der Waals surface area contributed by atoms with E-state index in [2.05, 4.69) is 21.2 Å². The summed E-state index contributed by atoms with van der Waals surface area (Å²) in [6, 6.07) is 12.5. The second kappa shape index (κ2) is 6.75. The van der Waals surface area contributed by atoms with Gasteiger partial charge in [-0.3, -0.25) is 0 Å². The molecule has 1 N–H and O–H groups in total. The van der Waals surface area contributed by atoms with Gasteiger partial charge in [-0.1, -0.05) is 41.1 Å². The number of anilines is 1. The molecule has 2 aromatic rings. The fourth-order valence-electron chi connectivity index (χ4n) is 2.12. The number of methoxy groups -OCH3 is 1. The van der Waals surface area contributed by atoms with E-state index in [0.29, 0.717) is 5.56 Å². The Balaban J connectivity index is 2.27. The van der Waals surface area contributed by atoms with Crippen molar-refractivity contribution >= 4 is 21.6 Å². The molecule has 0 aromatic heterocycles. The van der Waals surface area contributed by atoms with E-state index in [0.717, 1.165) is 22.3 Å². The molecule has 106 valence electrons. The zero-order valence-corrected chi connectivity index (χ0v) is 13.1. The molecule has 2 nitrogen and oxygen atoms in total. The molecule has 0 aliphatic rings. The average Bonchev–Trinajstić information content (AvgIpc) is 2.45. The molecule has 0 fully saturated rings. The van der Waals surface area contributed by atoms with Crippen LogP contribution in [0.1, 0.15) is 24.9 Å². The summed E-state index contributed by atoms with van der Waals surface area (Å²) in [5.41, 5.74) is 1.57. The number of rotatable bonds is 5. The molecular weight excluding hydrogens is 321 g/mol. The van der Waals surface area contributed by atoms with Crippen LogP contribution >= 0.6 is 15.9 Å². The molecule has 0 bridgehead atoms. The Bertz CT molecular complexity index is 588. The van der Waals surface area contributed by atoms with Gasteiger partial charge < -0.3 is 10.1 Å². The maximum absolute atomic E-state index is 13.9. The van der Waals surface area contributed by atoms with Gasteiger partial charge in [-0.05, 0) is 24.6 Å². The number of ether oxygens (including phenoxy) is 1. The second-order valence-corrected chi connectivity index (χ2v) is 5.42. The van der Waals surface area contributed by atoms with Gasteiger partial charge in [0.15, 0.2) is 0 Å². The van der Waals surface area contributed by atoms with E-state index in [1.807, 2.05) is 37.3 Å². The van der Waals surface area contributed by atoms with Crippen molar-refractivity contribution in [1.82, 2.24) is 0 Å². The first-order valence-electron chi connectivity index (χ1n) is 6.49. The van der Waals surface area contributed by atoms with Gasteiger partial charge in [0.2, 0.25) is 0 Å². The predicted octanol–water partition coefficient (Wildman–Crippen LogP) is 5.16. The monoisotopic (exact) mass is 337 g/mol. The zero-order chi connectivity index (χ0) is 14.5. The van der Waals surface area contributed by atoms with Crippen molar-refractivity contribution < 1.29 is 9.13 Å². The van der Waals surface area contributed by atoms with Crippen molar-refractivity contribution in [2.75, 3.05) is 12.4 Å². The predicted molar refractivity (Wildman–Crippen MR) is 83.7 cm³/mol. The highest BCUT2D eigenvalue weighted by atomic mass is 79.9. The highest BCUT2D eigenvalue weighted by Gasteiger charge is 2.13. The highest BCUT2D eigenvalue weighted by molar-refractivity contribution is 9.10. The lowest BCUT2D eigenvalue weighted by Gasteiger charge is -2.20. The van der Waals surface area contributed by atoms with Crippen LogP contribution in [0.25, 0.3) is 0 Å². The molecule has 0 saturated carbocycles. The summed E-state index contributed by atoms with van der Waals surface area (Å²) < 4.78 is 20.0. The molecule has 0 aliphatic carbocycles. The minimum Gasteiger partial charge on any atom is -0.497 e. The summed E-state index contributed by atoms with van der Waals surface area (Å²) in [6.07, 6.45) is 0.787. The SMILES string of the molecule is CCC(Nc1cc(Br)cc(OC)c1)c1ccccc1F. The van der Waals surface area contributed by atoms with Gasteiger partial charge in [-0.2, -0.15) is 0 Å². The fourth-order valence-corrected chi connectivity index (χ4v) is 2.59. The third-order valence-corrected chi connectivity index (χ3v) is 3.59. The van der Waals surface area contributed by atoms with Crippen LogP contribution in [0.5, 0.6) is 5.75 Å². The largest absolute Gasteiger partial charge is 0.497 e. The molecule has 1 unspecified atom stereocenters. The molecule has 4 heteroatoms. The Kier molecular flexibility index (Phi) is 5.01. The molecule has 0 saturated heterocycles. The van der Waals surface area contributed by atoms with E-state index in [4.69, 9.17) is 4.74 Å². The molecule has 20 heavy (non-hydrogen) atoms. The maximum Gasteiger partial charge on any atom is 0.128 e. The van der Waals surface area contributed by atoms with Crippen LogP contribution in [0, 0.1) is 5.82 Å². The summed E-state index contributed by atoms with van der Waals surface area (Å²) in [7, 11) is 1.62. The van der Waals surface area contributed by atoms with Gasteiger partial charge in [0.25, 0.3) is 0 Å². The molecule has 2 rings (SSSR count). The molecule has 0 heterocycles. The zero-order valence-electron chi connectivity index (χ0n) is 11.5. The van der Waals surface area contributed by atoms with Crippen molar-refractivity contribution in [3.8, 4) is 5.75 Å². The van der Waals surface area contributed by atoms with Gasteiger partial charge in [0.1, 0.15) is 11.6 Å². The third-order valence-electron chi connectivity index (χ3n) is 3.14. The number of halogens is 2. The van der Waals surface area contributed by atoms with Crippen molar-refractivity contribution in [3.05, 3.63) is 58.3 Å². The summed E-state index contributed by atoms with van der Waals surface area (Å²) in [6.45, 7) is 2.03. The van der Waals surface area contributed by atoms with Crippen LogP contribution in [0.2, 0.25) is 0 Å². The van der Waals surface area contributed by atoms with E-state index in [1.165, 1.54) is 6.07 Å². The first-order valence-corrected chi connectivity index (χ1v) is 7.29. The van der Waals surface area contributed by atoms with Crippen molar-refractivity contribution in [2.24, 2.45) is 0 Å². The second-order valence-electron chi connectivity index (χ2n) is 4.51. The van der Waals surface area contributed by atoms with E-state index in [1.54, 1.807) is 13.2 Å². The van der Waals surface area contributed by atoms with Crippen LogP contribution in [0.15, 0.2) is 46.9 Å². The molecule has 0 aliphatic heterocycles. The van der Waals surface area contributed by atoms with Gasteiger partial charge in [0, 0.05) is 21.8 Å². The minimum atomic E-state index is -0.186. The number of benzene rings is 2. The van der Waals surface area contributed by atoms with Crippen LogP contribution in [-0.2, 0) is 0 Å². The number of hydrogen-bond donors (Lipinski definition) is 1. The van der Waals surface area contributed by atoms with Crippen molar-refractivity contribution in [3.63, 3.8) is 0 Å². The lowest BCUT2D eigenvalue weighted by molar-refractivity contribution is 0.414. The first-order chi connectivity index (χ1) is 9.63. The van der Waals surface area contributed by atoms with Gasteiger partial charge in [-0.15, -0.1) is 0 Å². The van der Waals surface area contributed by atoms with E-state index < -0.39 is 0 Å². The molecule has 0 radical (unpaired) electrons. The summed E-state index contributed by atoms with van der Waals surface area (Å²) in [5.74, 6) is 0.569. The number of hydrogen-bond acceptors (Lipinski definition) is 2. The Morgan fingerprint density at radius 3 is 2.65 bits per heavy atom. The molecular formula is C16H17BrFNO. The Hall–Kier alpha value is -1.55. The van der Waals surface area contributed by atoms with Crippen LogP contribution in [-0.4, -0.2) is 7.11 Å². The molecule has 0 spiro atoms. The standard InChI is InChI=1S/C16H17BrFNO/c1-3-16(14-6-4-5-7-15(14)18)19-12-8-11(17)9-13(10-12)20-2/h4-10,16,19H,3H2,1-2H3. The lowest BCUT2D eigenvalue weighted by atomic mass is 10.0. The van der Waals surface area contributed by atoms with Crippen molar-refractivity contribution in [2.45, 2.75) is 19.4 Å². The normalized spacial score (nSPS) is 12.0. The lowest BCUT2D eigenvalue weighted by Crippen LogP contribution is -2.11. The van der Waals surface area contributed by atoms with Crippen molar-refractivity contribution in [1.29, 1.82) is 0 Å². The van der Waals surface area contributed by atoms with Gasteiger partial charge in [-0.25, -0.2) is 4.39 Å². The first kappa shape index (κ1) is 14.9. The maximum atomic E-state index is 13.9. The van der Waals surface area contributed by atoms with E-state index in [-0.39, 0.29) is 11.9 Å². The van der Waals surface area contributed by atoms with Gasteiger partial charge in [0.05, 0.1) is 13.2 Å². The Morgan fingerprint density at radius 1 is 1.25 bits per heavy atom. The van der Waals surface area contributed by atoms with Gasteiger partial charge >= 0.3 is 0 Å². The van der Waals surface area contributed by atoms with Crippen LogP contribution in [0.4, 0.5) is 10.1 Å². The minimum absolute atomic E-state index is 0.0739. The smallest absolute Gasteiger partial charge is 0.128 e. The average molecular weight is 338 g/mol. The summed E-state index contributed by atoms with van der Waals surface area (Å²) in [4.78, 5) is 0. The molecule has 1 atom stereocenters. The fraction of sp³-hybridized carbons (Fsp3) is 0.250. The molecule has 2 aromatic carbocycles. The number of nitrogens with one attached hydrogen (secondary N) is 1. The third kappa shape index (κ3) is 3.51. The molecule has 0 amide bonds. The summed E-state index contributed by atoms with van der Waals surface area (Å²) >= 11 is 3.44. The Morgan fingerprint density at radius 2 is 2.00 bits per heavy atom. The van der Waals surface area contributed by atoms with E-state index in [9.17, 15) is 4.39 Å². The summed E-state index contributed by atoms with van der Waals surface area (Å²) in [5, 5.41) is 3.35. The topological polar surface area (TPSA) is 21.3 Å².